The van der Waals surface area contributed by atoms with Gasteiger partial charge in [-0.2, -0.15) is 10.1 Å². The van der Waals surface area contributed by atoms with Crippen molar-refractivity contribution in [3.8, 4) is 11.4 Å². The molecular weight excluding hydrogens is 518 g/mol. The fraction of sp³-hybridized carbons (Fsp3) is 0.333. The van der Waals surface area contributed by atoms with Gasteiger partial charge in [-0.05, 0) is 37.8 Å². The number of halogens is 2. The number of aliphatic hydroxyl groups excluding tert-OH is 1. The standard InChI is InChI=1S/C24H26F2N8O3S/c1-12-7-18(32-31-12)28-23-20(13-5-6-13)21(17-10-33(2)19(11-35)27-17)29-24(30-23)34(3)22-15(25)8-14(9-16(22)26)38(4,36)37/h7-10,13,35H,5-6,11H2,1-4H3,(H2,28,29,30,31,32). The molecule has 1 saturated carbocycles. The van der Waals surface area contributed by atoms with Crippen molar-refractivity contribution >= 4 is 33.1 Å². The molecule has 0 saturated heterocycles. The van der Waals surface area contributed by atoms with E-state index in [1.54, 1.807) is 23.9 Å². The molecule has 0 unspecified atom stereocenters. The van der Waals surface area contributed by atoms with Crippen LogP contribution in [-0.2, 0) is 23.5 Å². The topological polar surface area (TPSA) is 142 Å². The predicted molar refractivity (Wildman–Crippen MR) is 136 cm³/mol. The maximum absolute atomic E-state index is 15.1. The molecule has 4 aromatic rings. The van der Waals surface area contributed by atoms with E-state index in [1.165, 1.54) is 7.05 Å². The summed E-state index contributed by atoms with van der Waals surface area (Å²) in [5.74, 6) is -0.773. The summed E-state index contributed by atoms with van der Waals surface area (Å²) in [7, 11) is -0.701. The Kier molecular flexibility index (Phi) is 6.39. The minimum absolute atomic E-state index is 0.0553. The van der Waals surface area contributed by atoms with Crippen molar-refractivity contribution in [3.63, 3.8) is 0 Å². The van der Waals surface area contributed by atoms with Crippen molar-refractivity contribution in [1.29, 1.82) is 0 Å². The number of anilines is 4. The Morgan fingerprint density at radius 1 is 1.18 bits per heavy atom. The highest BCUT2D eigenvalue weighted by molar-refractivity contribution is 7.90. The van der Waals surface area contributed by atoms with Crippen LogP contribution in [0.2, 0.25) is 0 Å². The fourth-order valence-electron chi connectivity index (χ4n) is 4.20. The third-order valence-corrected chi connectivity index (χ3v) is 7.37. The molecule has 3 N–H and O–H groups in total. The van der Waals surface area contributed by atoms with Gasteiger partial charge in [-0.25, -0.2) is 27.2 Å². The first kappa shape index (κ1) is 25.7. The lowest BCUT2D eigenvalue weighted by Gasteiger charge is -2.22. The van der Waals surface area contributed by atoms with E-state index in [0.717, 1.165) is 47.4 Å². The van der Waals surface area contributed by atoms with E-state index in [2.05, 4.69) is 30.5 Å². The zero-order valence-corrected chi connectivity index (χ0v) is 21.9. The number of aromatic nitrogens is 6. The van der Waals surface area contributed by atoms with Crippen molar-refractivity contribution in [1.82, 2.24) is 29.7 Å². The second-order valence-electron chi connectivity index (χ2n) is 9.35. The lowest BCUT2D eigenvalue weighted by molar-refractivity contribution is 0.267. The molecule has 0 bridgehead atoms. The smallest absolute Gasteiger partial charge is 0.232 e. The van der Waals surface area contributed by atoms with Crippen molar-refractivity contribution in [3.05, 3.63) is 53.1 Å². The summed E-state index contributed by atoms with van der Waals surface area (Å²) in [6.45, 7) is 1.56. The number of nitrogens with zero attached hydrogens (tertiary/aromatic N) is 6. The highest BCUT2D eigenvalue weighted by Crippen LogP contribution is 2.48. The number of aryl methyl sites for hydroxylation is 2. The Labute approximate surface area is 217 Å². The molecule has 38 heavy (non-hydrogen) atoms. The number of benzene rings is 1. The van der Waals surface area contributed by atoms with Crippen LogP contribution in [0, 0.1) is 18.6 Å². The quantitative estimate of drug-likeness (QED) is 0.304. The van der Waals surface area contributed by atoms with Gasteiger partial charge in [-0.15, -0.1) is 0 Å². The summed E-state index contributed by atoms with van der Waals surface area (Å²) in [4.78, 5) is 14.4. The number of hydrogen-bond donors (Lipinski definition) is 3. The highest BCUT2D eigenvalue weighted by Gasteiger charge is 2.34. The molecule has 200 valence electrons. The number of H-pyrrole nitrogens is 1. The summed E-state index contributed by atoms with van der Waals surface area (Å²) in [6.07, 6.45) is 4.39. The second kappa shape index (κ2) is 9.44. The number of aliphatic hydroxyl groups is 1. The first-order valence-electron chi connectivity index (χ1n) is 11.7. The lowest BCUT2D eigenvalue weighted by atomic mass is 10.1. The van der Waals surface area contributed by atoms with Gasteiger partial charge in [-0.3, -0.25) is 5.10 Å². The minimum Gasteiger partial charge on any atom is -0.388 e. The normalized spacial score (nSPS) is 13.7. The van der Waals surface area contributed by atoms with Gasteiger partial charge in [0.1, 0.15) is 35.3 Å². The van der Waals surface area contributed by atoms with Gasteiger partial charge in [0.15, 0.2) is 27.3 Å². The molecule has 1 aliphatic rings. The number of rotatable bonds is 8. The molecule has 1 fully saturated rings. The van der Waals surface area contributed by atoms with E-state index in [1.807, 2.05) is 6.92 Å². The molecule has 0 spiro atoms. The average Bonchev–Trinajstić information content (AvgIpc) is 3.49. The van der Waals surface area contributed by atoms with Gasteiger partial charge in [0.25, 0.3) is 0 Å². The first-order valence-corrected chi connectivity index (χ1v) is 13.6. The number of nitrogens with one attached hydrogen (secondary N) is 2. The number of hydrogen-bond acceptors (Lipinski definition) is 9. The Hall–Kier alpha value is -3.91. The van der Waals surface area contributed by atoms with Crippen LogP contribution in [0.1, 0.15) is 35.8 Å². The van der Waals surface area contributed by atoms with Crippen LogP contribution in [0.5, 0.6) is 0 Å². The largest absolute Gasteiger partial charge is 0.388 e. The van der Waals surface area contributed by atoms with Gasteiger partial charge in [0.2, 0.25) is 5.95 Å². The SMILES string of the molecule is Cc1cc(Nc2nc(N(C)c3c(F)cc(S(C)(=O)=O)cc3F)nc(-c3cn(C)c(CO)n3)c2C2CC2)n[nH]1. The van der Waals surface area contributed by atoms with Crippen LogP contribution in [0.25, 0.3) is 11.4 Å². The third kappa shape index (κ3) is 4.84. The Bertz CT molecular complexity index is 1620. The molecule has 0 amide bonds. The summed E-state index contributed by atoms with van der Waals surface area (Å²) in [6, 6.07) is 3.32. The van der Waals surface area contributed by atoms with Crippen LogP contribution in [0.3, 0.4) is 0 Å². The van der Waals surface area contributed by atoms with E-state index < -0.39 is 32.1 Å². The fourth-order valence-corrected chi connectivity index (χ4v) is 4.84. The van der Waals surface area contributed by atoms with E-state index in [0.29, 0.717) is 28.8 Å². The number of sulfone groups is 1. The van der Waals surface area contributed by atoms with Gasteiger partial charge < -0.3 is 19.9 Å². The molecule has 5 rings (SSSR count). The molecule has 0 radical (unpaired) electrons. The molecule has 3 heterocycles. The summed E-state index contributed by atoms with van der Waals surface area (Å²) in [5, 5.41) is 19.9. The number of imidazole rings is 1. The van der Waals surface area contributed by atoms with E-state index in [4.69, 9.17) is 0 Å². The second-order valence-corrected chi connectivity index (χ2v) is 11.4. The molecule has 14 heteroatoms. The van der Waals surface area contributed by atoms with Crippen molar-refractivity contribution in [2.75, 3.05) is 23.5 Å². The van der Waals surface area contributed by atoms with E-state index in [9.17, 15) is 13.5 Å². The molecular formula is C24H26F2N8O3S. The van der Waals surface area contributed by atoms with Gasteiger partial charge in [-0.1, -0.05) is 0 Å². The average molecular weight is 545 g/mol. The molecule has 11 nitrogen and oxygen atoms in total. The zero-order valence-electron chi connectivity index (χ0n) is 21.1. The van der Waals surface area contributed by atoms with E-state index >= 15 is 8.78 Å². The minimum atomic E-state index is -3.83. The summed E-state index contributed by atoms with van der Waals surface area (Å²) in [5.41, 5.74) is 1.99. The molecule has 0 aliphatic heterocycles. The van der Waals surface area contributed by atoms with Crippen molar-refractivity contribution in [2.24, 2.45) is 7.05 Å². The molecule has 0 atom stereocenters. The molecule has 1 aliphatic carbocycles. The van der Waals surface area contributed by atoms with E-state index in [-0.39, 0.29) is 18.5 Å². The maximum Gasteiger partial charge on any atom is 0.232 e. The van der Waals surface area contributed by atoms with Gasteiger partial charge in [0.05, 0.1) is 4.90 Å². The zero-order chi connectivity index (χ0) is 27.4. The predicted octanol–water partition coefficient (Wildman–Crippen LogP) is 3.47. The summed E-state index contributed by atoms with van der Waals surface area (Å²) < 4.78 is 55.6. The van der Waals surface area contributed by atoms with Crippen LogP contribution < -0.4 is 10.2 Å². The van der Waals surface area contributed by atoms with Gasteiger partial charge >= 0.3 is 0 Å². The molecule has 1 aromatic carbocycles. The summed E-state index contributed by atoms with van der Waals surface area (Å²) >= 11 is 0. The van der Waals surface area contributed by atoms with Crippen molar-refractivity contribution < 1.29 is 22.3 Å². The number of aromatic amines is 1. The Balaban J connectivity index is 1.70. The van der Waals surface area contributed by atoms with Crippen LogP contribution in [-0.4, -0.2) is 56.5 Å². The van der Waals surface area contributed by atoms with Crippen LogP contribution >= 0.6 is 0 Å². The van der Waals surface area contributed by atoms with Gasteiger partial charge in [0, 0.05) is 43.9 Å². The monoisotopic (exact) mass is 544 g/mol. The highest BCUT2D eigenvalue weighted by atomic mass is 32.2. The molecule has 3 aromatic heterocycles. The first-order chi connectivity index (χ1) is 18.0. The van der Waals surface area contributed by atoms with Crippen LogP contribution in [0.15, 0.2) is 29.3 Å². The lowest BCUT2D eigenvalue weighted by Crippen LogP contribution is -2.19. The third-order valence-electron chi connectivity index (χ3n) is 6.28. The van der Waals surface area contributed by atoms with Crippen molar-refractivity contribution in [2.45, 2.75) is 37.2 Å². The van der Waals surface area contributed by atoms with Crippen LogP contribution in [0.4, 0.5) is 32.1 Å². The Morgan fingerprint density at radius 2 is 1.87 bits per heavy atom. The Morgan fingerprint density at radius 3 is 2.39 bits per heavy atom. The maximum atomic E-state index is 15.1.